The summed E-state index contributed by atoms with van der Waals surface area (Å²) in [5, 5.41) is 0. The Hall–Kier alpha value is -2.67. The minimum Gasteiger partial charge on any atom is -0.307 e. The maximum atomic E-state index is 8.00. The second kappa shape index (κ2) is 7.81. The van der Waals surface area contributed by atoms with E-state index in [-0.39, 0.29) is 0 Å². The van der Waals surface area contributed by atoms with E-state index in [1.165, 1.54) is 16.7 Å². The minimum atomic E-state index is 0.309. The molecule has 0 saturated carbocycles. The fraction of sp³-hybridized carbons (Fsp3) is 0.0500. The molecule has 1 heteroatoms. The zero-order valence-corrected chi connectivity index (χ0v) is 11.9. The summed E-state index contributed by atoms with van der Waals surface area (Å²) in [6.07, 6.45) is 0. The molecule has 0 bridgehead atoms. The van der Waals surface area contributed by atoms with Crippen LogP contribution in [0.5, 0.6) is 0 Å². The molecule has 0 amide bonds. The van der Waals surface area contributed by atoms with Gasteiger partial charge in [-0.15, -0.1) is 0 Å². The second-order valence-corrected chi connectivity index (χ2v) is 4.67. The molecule has 0 aliphatic rings. The van der Waals surface area contributed by atoms with Gasteiger partial charge in [-0.05, 0) is 16.7 Å². The number of carbonyl (C=O) groups excluding carboxylic acids is 1. The first-order valence-electron chi connectivity index (χ1n) is 6.89. The predicted octanol–water partition coefficient (Wildman–Crippen LogP) is 4.68. The van der Waals surface area contributed by atoms with Crippen molar-refractivity contribution in [2.24, 2.45) is 0 Å². The van der Waals surface area contributed by atoms with Crippen LogP contribution in [0.25, 0.3) is 0 Å². The van der Waals surface area contributed by atoms with Crippen LogP contribution in [0.15, 0.2) is 91.0 Å². The Kier molecular flexibility index (Phi) is 5.48. The molecule has 0 heterocycles. The van der Waals surface area contributed by atoms with E-state index in [2.05, 4.69) is 91.0 Å². The highest BCUT2D eigenvalue weighted by atomic mass is 16.1. The summed E-state index contributed by atoms with van der Waals surface area (Å²) < 4.78 is 0. The Morgan fingerprint density at radius 3 is 0.952 bits per heavy atom. The first-order valence-corrected chi connectivity index (χ1v) is 6.89. The van der Waals surface area contributed by atoms with Crippen LogP contribution in [0.3, 0.4) is 0 Å². The van der Waals surface area contributed by atoms with Gasteiger partial charge < -0.3 is 4.79 Å². The Morgan fingerprint density at radius 1 is 0.476 bits per heavy atom. The van der Waals surface area contributed by atoms with Gasteiger partial charge in [-0.1, -0.05) is 91.0 Å². The molecule has 21 heavy (non-hydrogen) atoms. The smallest absolute Gasteiger partial charge is 0.106 e. The minimum absolute atomic E-state index is 0.309. The van der Waals surface area contributed by atoms with Crippen molar-refractivity contribution in [2.75, 3.05) is 0 Å². The summed E-state index contributed by atoms with van der Waals surface area (Å²) in [6.45, 7) is 2.00. The molecule has 0 saturated heterocycles. The van der Waals surface area contributed by atoms with Crippen molar-refractivity contribution >= 4 is 6.79 Å². The lowest BCUT2D eigenvalue weighted by molar-refractivity contribution is -0.0979. The first-order chi connectivity index (χ1) is 10.4. The molecule has 104 valence electrons. The van der Waals surface area contributed by atoms with Crippen LogP contribution in [-0.2, 0) is 4.79 Å². The number of hydrogen-bond acceptors (Lipinski definition) is 1. The zero-order chi connectivity index (χ0) is 14.9. The molecule has 0 atom stereocenters. The molecule has 0 aliphatic carbocycles. The quantitative estimate of drug-likeness (QED) is 0.634. The lowest BCUT2D eigenvalue weighted by Gasteiger charge is -2.18. The Balaban J connectivity index is 0.000000774. The van der Waals surface area contributed by atoms with Crippen LogP contribution in [0, 0.1) is 0 Å². The Morgan fingerprint density at radius 2 is 0.714 bits per heavy atom. The van der Waals surface area contributed by atoms with Crippen LogP contribution in [-0.4, -0.2) is 6.79 Å². The molecule has 3 rings (SSSR count). The van der Waals surface area contributed by atoms with Crippen molar-refractivity contribution < 1.29 is 4.79 Å². The van der Waals surface area contributed by atoms with Gasteiger partial charge in [-0.2, -0.15) is 0 Å². The van der Waals surface area contributed by atoms with Crippen molar-refractivity contribution in [2.45, 2.75) is 5.92 Å². The van der Waals surface area contributed by atoms with Gasteiger partial charge in [-0.25, -0.2) is 0 Å². The van der Waals surface area contributed by atoms with E-state index in [9.17, 15) is 0 Å². The van der Waals surface area contributed by atoms with Crippen molar-refractivity contribution in [3.63, 3.8) is 0 Å². The summed E-state index contributed by atoms with van der Waals surface area (Å²) >= 11 is 0. The average molecular weight is 274 g/mol. The molecule has 0 radical (unpaired) electrons. The maximum Gasteiger partial charge on any atom is 0.106 e. The number of carbonyl (C=O) groups is 1. The molecule has 1 nitrogen and oxygen atoms in total. The summed E-state index contributed by atoms with van der Waals surface area (Å²) in [5.74, 6) is 0.309. The second-order valence-electron chi connectivity index (χ2n) is 4.67. The first kappa shape index (κ1) is 14.7. The van der Waals surface area contributed by atoms with Crippen molar-refractivity contribution in [1.82, 2.24) is 0 Å². The summed E-state index contributed by atoms with van der Waals surface area (Å²) in [5.41, 5.74) is 4.00. The van der Waals surface area contributed by atoms with E-state index >= 15 is 0 Å². The molecular formula is C20H18O. The predicted molar refractivity (Wildman–Crippen MR) is 87.4 cm³/mol. The molecule has 0 aliphatic heterocycles. The third-order valence-corrected chi connectivity index (χ3v) is 3.40. The maximum absolute atomic E-state index is 8.00. The highest BCUT2D eigenvalue weighted by molar-refractivity contribution is 5.42. The van der Waals surface area contributed by atoms with E-state index in [0.717, 1.165) is 0 Å². The van der Waals surface area contributed by atoms with E-state index in [1.54, 1.807) is 0 Å². The van der Waals surface area contributed by atoms with Gasteiger partial charge in [-0.3, -0.25) is 0 Å². The zero-order valence-electron chi connectivity index (χ0n) is 11.9. The van der Waals surface area contributed by atoms with Crippen molar-refractivity contribution in [3.8, 4) is 0 Å². The Bertz CT molecular complexity index is 539. The third kappa shape index (κ3) is 3.67. The van der Waals surface area contributed by atoms with E-state index < -0.39 is 0 Å². The topological polar surface area (TPSA) is 17.1 Å². The monoisotopic (exact) mass is 274 g/mol. The van der Waals surface area contributed by atoms with Gasteiger partial charge in [0.15, 0.2) is 0 Å². The van der Waals surface area contributed by atoms with Gasteiger partial charge >= 0.3 is 0 Å². The molecule has 3 aromatic carbocycles. The van der Waals surface area contributed by atoms with Gasteiger partial charge in [0.25, 0.3) is 0 Å². The Labute approximate surface area is 125 Å². The average Bonchev–Trinajstić information content (AvgIpc) is 2.60. The van der Waals surface area contributed by atoms with Crippen LogP contribution < -0.4 is 0 Å². The summed E-state index contributed by atoms with van der Waals surface area (Å²) in [7, 11) is 0. The SMILES string of the molecule is C=O.c1ccc(C(c2ccccc2)c2ccccc2)cc1. The van der Waals surface area contributed by atoms with E-state index in [0.29, 0.717) is 5.92 Å². The number of rotatable bonds is 3. The van der Waals surface area contributed by atoms with Gasteiger partial charge in [0, 0.05) is 5.92 Å². The molecule has 0 aromatic heterocycles. The third-order valence-electron chi connectivity index (χ3n) is 3.40. The number of benzene rings is 3. The summed E-state index contributed by atoms with van der Waals surface area (Å²) in [6, 6.07) is 32.0. The molecular weight excluding hydrogens is 256 g/mol. The fourth-order valence-corrected chi connectivity index (χ4v) is 2.51. The normalized spacial score (nSPS) is 9.76. The van der Waals surface area contributed by atoms with Crippen LogP contribution in [0.4, 0.5) is 0 Å². The standard InChI is InChI=1S/C19H16.CH2O/c1-4-10-16(11-5-1)19(17-12-6-2-7-13-17)18-14-8-3-9-15-18;1-2/h1-15,19H;1H2. The molecule has 0 spiro atoms. The highest BCUT2D eigenvalue weighted by Gasteiger charge is 2.15. The molecule has 3 aromatic rings. The molecule has 0 N–H and O–H groups in total. The van der Waals surface area contributed by atoms with Crippen LogP contribution in [0.2, 0.25) is 0 Å². The van der Waals surface area contributed by atoms with Gasteiger partial charge in [0.05, 0.1) is 0 Å². The van der Waals surface area contributed by atoms with E-state index in [1.807, 2.05) is 6.79 Å². The number of hydrogen-bond donors (Lipinski definition) is 0. The van der Waals surface area contributed by atoms with Crippen LogP contribution in [0.1, 0.15) is 22.6 Å². The van der Waals surface area contributed by atoms with Gasteiger partial charge in [0.2, 0.25) is 0 Å². The lowest BCUT2D eigenvalue weighted by atomic mass is 9.85. The van der Waals surface area contributed by atoms with Gasteiger partial charge in [0.1, 0.15) is 6.79 Å². The van der Waals surface area contributed by atoms with Crippen molar-refractivity contribution in [1.29, 1.82) is 0 Å². The fourth-order valence-electron chi connectivity index (χ4n) is 2.51. The molecule has 0 fully saturated rings. The molecule has 0 unspecified atom stereocenters. The summed E-state index contributed by atoms with van der Waals surface area (Å²) in [4.78, 5) is 8.00. The van der Waals surface area contributed by atoms with E-state index in [4.69, 9.17) is 4.79 Å². The highest BCUT2D eigenvalue weighted by Crippen LogP contribution is 2.31. The lowest BCUT2D eigenvalue weighted by Crippen LogP contribution is -2.02. The van der Waals surface area contributed by atoms with Crippen LogP contribution >= 0.6 is 0 Å². The van der Waals surface area contributed by atoms with Crippen molar-refractivity contribution in [3.05, 3.63) is 108 Å². The largest absolute Gasteiger partial charge is 0.307 e.